The largest absolute Gasteiger partial charge is 0.487 e. The summed E-state index contributed by atoms with van der Waals surface area (Å²) >= 11 is 6.11. The first kappa shape index (κ1) is 23.7. The van der Waals surface area contributed by atoms with E-state index in [0.717, 1.165) is 30.4 Å². The molecule has 2 aliphatic rings. The van der Waals surface area contributed by atoms with Crippen LogP contribution >= 0.6 is 11.6 Å². The molecule has 2 aliphatic heterocycles. The van der Waals surface area contributed by atoms with Crippen molar-refractivity contribution in [2.45, 2.75) is 57.3 Å². The van der Waals surface area contributed by atoms with Gasteiger partial charge in [-0.2, -0.15) is 0 Å². The molecular weight excluding hydrogens is 464 g/mol. The van der Waals surface area contributed by atoms with Crippen molar-refractivity contribution in [1.82, 2.24) is 5.32 Å². The highest BCUT2D eigenvalue weighted by Crippen LogP contribution is 2.43. The van der Waals surface area contributed by atoms with Gasteiger partial charge in [0, 0.05) is 30.0 Å². The van der Waals surface area contributed by atoms with Gasteiger partial charge in [0.15, 0.2) is 6.10 Å². The van der Waals surface area contributed by atoms with E-state index in [1.54, 1.807) is 18.2 Å². The van der Waals surface area contributed by atoms with E-state index in [9.17, 15) is 13.2 Å². The zero-order chi connectivity index (χ0) is 23.8. The number of amides is 1. The number of ether oxygens (including phenoxy) is 2. The van der Waals surface area contributed by atoms with Crippen molar-refractivity contribution in [3.63, 3.8) is 0 Å². The second-order valence-electron chi connectivity index (χ2n) is 8.64. The van der Waals surface area contributed by atoms with E-state index in [0.29, 0.717) is 22.9 Å². The summed E-state index contributed by atoms with van der Waals surface area (Å²) in [7, 11) is -3.57. The van der Waals surface area contributed by atoms with Crippen LogP contribution in [0.5, 0.6) is 11.5 Å². The summed E-state index contributed by atoms with van der Waals surface area (Å²) < 4.78 is 38.4. The first-order valence-corrected chi connectivity index (χ1v) is 13.4. The minimum absolute atomic E-state index is 0.114. The van der Waals surface area contributed by atoms with Crippen LogP contribution in [0.3, 0.4) is 0 Å². The number of rotatable bonds is 5. The van der Waals surface area contributed by atoms with Gasteiger partial charge < -0.3 is 14.8 Å². The molecule has 0 aliphatic carbocycles. The number of carbonyl (C=O) groups is 1. The molecule has 0 radical (unpaired) electrons. The van der Waals surface area contributed by atoms with Crippen LogP contribution in [-0.2, 0) is 14.8 Å². The molecule has 1 amide bonds. The Labute approximate surface area is 200 Å². The summed E-state index contributed by atoms with van der Waals surface area (Å²) in [5, 5.41) is 3.55. The number of sulfonamides is 1. The molecule has 2 aromatic carbocycles. The second kappa shape index (κ2) is 9.06. The van der Waals surface area contributed by atoms with Gasteiger partial charge in [0.1, 0.15) is 17.1 Å². The zero-order valence-electron chi connectivity index (χ0n) is 19.0. The Morgan fingerprint density at radius 1 is 1.18 bits per heavy atom. The lowest BCUT2D eigenvalue weighted by atomic mass is 9.83. The van der Waals surface area contributed by atoms with Crippen molar-refractivity contribution in [1.29, 1.82) is 0 Å². The van der Waals surface area contributed by atoms with Crippen LogP contribution in [0.1, 0.15) is 51.1 Å². The van der Waals surface area contributed by atoms with Gasteiger partial charge in [-0.15, -0.1) is 0 Å². The summed E-state index contributed by atoms with van der Waals surface area (Å²) in [4.78, 5) is 13.4. The number of halogens is 1. The minimum atomic E-state index is -3.57. The highest BCUT2D eigenvalue weighted by molar-refractivity contribution is 7.92. The average Bonchev–Trinajstić information content (AvgIpc) is 2.98. The molecule has 0 saturated heterocycles. The standard InChI is InChI=1S/C24H29ClN2O5S/c1-4-24(5-2)15-18(17-8-6-7-9-20(17)32-24)26-23(28)22-12-13-27(33(3,29)30)19-14-16(25)10-11-21(19)31-22/h6-11,14,18,22H,4-5,12-13,15H2,1-3H3,(H,26,28)/t18-,22-/m1/s1. The molecule has 0 saturated carbocycles. The molecule has 0 unspecified atom stereocenters. The van der Waals surface area contributed by atoms with E-state index in [-0.39, 0.29) is 30.5 Å². The maximum atomic E-state index is 13.4. The molecule has 9 heteroatoms. The maximum absolute atomic E-state index is 13.4. The maximum Gasteiger partial charge on any atom is 0.261 e. The quantitative estimate of drug-likeness (QED) is 0.666. The first-order chi connectivity index (χ1) is 15.7. The van der Waals surface area contributed by atoms with Crippen molar-refractivity contribution in [2.24, 2.45) is 0 Å². The normalized spacial score (nSPS) is 21.6. The molecule has 2 aromatic rings. The molecule has 7 nitrogen and oxygen atoms in total. The number of anilines is 1. The Kier molecular flexibility index (Phi) is 6.51. The van der Waals surface area contributed by atoms with Crippen LogP contribution < -0.4 is 19.1 Å². The number of nitrogens with zero attached hydrogens (tertiary/aromatic N) is 1. The smallest absolute Gasteiger partial charge is 0.261 e. The van der Waals surface area contributed by atoms with Gasteiger partial charge in [-0.3, -0.25) is 9.10 Å². The van der Waals surface area contributed by atoms with Crippen molar-refractivity contribution >= 4 is 33.2 Å². The number of benzene rings is 2. The third-order valence-electron chi connectivity index (χ3n) is 6.55. The summed E-state index contributed by atoms with van der Waals surface area (Å²) in [5.41, 5.74) is 0.919. The summed E-state index contributed by atoms with van der Waals surface area (Å²) in [6.45, 7) is 4.29. The van der Waals surface area contributed by atoms with Crippen LogP contribution in [0, 0.1) is 0 Å². The Bertz CT molecular complexity index is 1150. The van der Waals surface area contributed by atoms with Crippen LogP contribution in [0.4, 0.5) is 5.69 Å². The minimum Gasteiger partial charge on any atom is -0.487 e. The van der Waals surface area contributed by atoms with Gasteiger partial charge in [-0.1, -0.05) is 43.6 Å². The lowest BCUT2D eigenvalue weighted by Crippen LogP contribution is -2.47. The Hall–Kier alpha value is -2.45. The zero-order valence-corrected chi connectivity index (χ0v) is 20.6. The van der Waals surface area contributed by atoms with Crippen LogP contribution in [0.15, 0.2) is 42.5 Å². The Morgan fingerprint density at radius 3 is 2.61 bits per heavy atom. The monoisotopic (exact) mass is 492 g/mol. The number of para-hydroxylation sites is 1. The number of carbonyl (C=O) groups excluding carboxylic acids is 1. The molecule has 33 heavy (non-hydrogen) atoms. The fourth-order valence-corrected chi connectivity index (χ4v) is 5.68. The van der Waals surface area contributed by atoms with Gasteiger partial charge in [-0.25, -0.2) is 8.42 Å². The average molecular weight is 493 g/mol. The first-order valence-electron chi connectivity index (χ1n) is 11.2. The third-order valence-corrected chi connectivity index (χ3v) is 7.96. The SMILES string of the molecule is CCC1(CC)C[C@@H](NC(=O)[C@H]2CCN(S(C)(=O)=O)c3cc(Cl)ccc3O2)c2ccccc2O1. The highest BCUT2D eigenvalue weighted by atomic mass is 35.5. The van der Waals surface area contributed by atoms with E-state index in [2.05, 4.69) is 19.2 Å². The van der Waals surface area contributed by atoms with E-state index >= 15 is 0 Å². The van der Waals surface area contributed by atoms with Gasteiger partial charge in [0.25, 0.3) is 5.91 Å². The van der Waals surface area contributed by atoms with E-state index in [4.69, 9.17) is 21.1 Å². The van der Waals surface area contributed by atoms with E-state index < -0.39 is 16.1 Å². The number of nitrogens with one attached hydrogen (secondary N) is 1. The van der Waals surface area contributed by atoms with Crippen molar-refractivity contribution < 1.29 is 22.7 Å². The number of hydrogen-bond acceptors (Lipinski definition) is 5. The van der Waals surface area contributed by atoms with E-state index in [1.807, 2.05) is 24.3 Å². The topological polar surface area (TPSA) is 84.9 Å². The predicted molar refractivity (Wildman–Crippen MR) is 129 cm³/mol. The molecule has 1 N–H and O–H groups in total. The fourth-order valence-electron chi connectivity index (χ4n) is 4.58. The molecule has 0 spiro atoms. The molecular formula is C24H29ClN2O5S. The van der Waals surface area contributed by atoms with Crippen molar-refractivity contribution in [2.75, 3.05) is 17.1 Å². The van der Waals surface area contributed by atoms with Crippen molar-refractivity contribution in [3.05, 3.63) is 53.1 Å². The Balaban J connectivity index is 1.61. The second-order valence-corrected chi connectivity index (χ2v) is 11.0. The van der Waals surface area contributed by atoms with Crippen LogP contribution in [-0.4, -0.2) is 38.8 Å². The summed E-state index contributed by atoms with van der Waals surface area (Å²) in [5.74, 6) is 0.808. The lowest BCUT2D eigenvalue weighted by Gasteiger charge is -2.42. The number of hydrogen-bond donors (Lipinski definition) is 1. The third kappa shape index (κ3) is 4.77. The molecule has 178 valence electrons. The molecule has 4 rings (SSSR count). The van der Waals surface area contributed by atoms with E-state index in [1.165, 1.54) is 4.31 Å². The fraction of sp³-hybridized carbons (Fsp3) is 0.458. The number of fused-ring (bicyclic) bond motifs is 2. The van der Waals surface area contributed by atoms with Crippen molar-refractivity contribution in [3.8, 4) is 11.5 Å². The predicted octanol–water partition coefficient (Wildman–Crippen LogP) is 4.46. The van der Waals surface area contributed by atoms with Crippen LogP contribution in [0.25, 0.3) is 0 Å². The molecule has 2 heterocycles. The summed E-state index contributed by atoms with van der Waals surface area (Å²) in [6.07, 6.45) is 2.79. The van der Waals surface area contributed by atoms with Gasteiger partial charge in [-0.05, 0) is 37.1 Å². The molecule has 2 atom stereocenters. The highest BCUT2D eigenvalue weighted by Gasteiger charge is 2.40. The summed E-state index contributed by atoms with van der Waals surface area (Å²) in [6, 6.07) is 12.3. The molecule has 0 fully saturated rings. The van der Waals surface area contributed by atoms with Crippen LogP contribution in [0.2, 0.25) is 5.02 Å². The molecule has 0 aromatic heterocycles. The van der Waals surface area contributed by atoms with Gasteiger partial charge in [0.05, 0.1) is 18.0 Å². The Morgan fingerprint density at radius 2 is 1.91 bits per heavy atom. The van der Waals surface area contributed by atoms with Gasteiger partial charge >= 0.3 is 0 Å². The lowest BCUT2D eigenvalue weighted by molar-refractivity contribution is -0.129. The van der Waals surface area contributed by atoms with Gasteiger partial charge in [0.2, 0.25) is 10.0 Å². The molecule has 0 bridgehead atoms.